The Balaban J connectivity index is 1.77. The van der Waals surface area contributed by atoms with Gasteiger partial charge in [0.05, 0.1) is 22.8 Å². The summed E-state index contributed by atoms with van der Waals surface area (Å²) < 4.78 is 5.59. The molecule has 4 N–H and O–H groups in total. The fourth-order valence-corrected chi connectivity index (χ4v) is 7.10. The highest BCUT2D eigenvalue weighted by Gasteiger charge is 2.39. The summed E-state index contributed by atoms with van der Waals surface area (Å²) in [6.45, 7) is 19.6. The van der Waals surface area contributed by atoms with Crippen molar-refractivity contribution < 1.29 is 29.0 Å². The van der Waals surface area contributed by atoms with Crippen LogP contribution >= 0.6 is 23.1 Å². The summed E-state index contributed by atoms with van der Waals surface area (Å²) >= 11 is 2.63. The first-order valence-electron chi connectivity index (χ1n) is 17.7. The van der Waals surface area contributed by atoms with Crippen molar-refractivity contribution in [2.24, 2.45) is 5.92 Å². The zero-order valence-corrected chi connectivity index (χ0v) is 33.5. The minimum atomic E-state index is -1.09. The van der Waals surface area contributed by atoms with Gasteiger partial charge in [0.25, 0.3) is 5.24 Å². The zero-order valence-electron chi connectivity index (χ0n) is 31.8. The van der Waals surface area contributed by atoms with Gasteiger partial charge in [-0.25, -0.2) is 9.78 Å². The van der Waals surface area contributed by atoms with Crippen LogP contribution in [0.4, 0.5) is 9.59 Å². The normalized spacial score (nSPS) is 17.5. The van der Waals surface area contributed by atoms with E-state index in [1.165, 1.54) is 4.90 Å². The number of aliphatic hydroxyl groups excluding tert-OH is 1. The number of β-amino-alcohol motifs (C(OH)–C–C–N with tert-alkyl or cyclic N) is 1. The van der Waals surface area contributed by atoms with Crippen LogP contribution in [0.1, 0.15) is 91.4 Å². The van der Waals surface area contributed by atoms with Gasteiger partial charge in [0.15, 0.2) is 0 Å². The molecule has 0 bridgehead atoms. The molecule has 1 fully saturated rings. The maximum Gasteiger partial charge on any atom is 0.410 e. The molecule has 2 heterocycles. The summed E-state index contributed by atoms with van der Waals surface area (Å²) in [6, 6.07) is 7.17. The number of benzene rings is 1. The Morgan fingerprint density at radius 1 is 1.02 bits per heavy atom. The van der Waals surface area contributed by atoms with Crippen LogP contribution in [0.5, 0.6) is 0 Å². The average molecular weight is 747 g/mol. The smallest absolute Gasteiger partial charge is 0.410 e. The van der Waals surface area contributed by atoms with Gasteiger partial charge in [-0.05, 0) is 59.4 Å². The standard InChI is InChI=1S/C37H58N6O6S2/c1-23(2)30(40-34(47)51-22-26-21-50-33(38-26)24(3)4)32(46)39-27(18-25-14-12-11-13-15-25)29(44)20-42-16-17-43(35(48)49-37(8,9)10)19-28(42)31(45)41-36(5,6)7/h11-15,21,23-24,27-30,44H,16-20,22H2,1-10H3,(H,39,46)(H,40,47)(H,41,45)/t27-,28-,29-,30-/m0/s1. The van der Waals surface area contributed by atoms with Gasteiger partial charge in [-0.3, -0.25) is 19.3 Å². The quantitative estimate of drug-likeness (QED) is 0.218. The molecule has 0 saturated carbocycles. The third kappa shape index (κ3) is 14.0. The summed E-state index contributed by atoms with van der Waals surface area (Å²) in [5, 5.41) is 23.3. The van der Waals surface area contributed by atoms with E-state index in [1.54, 1.807) is 32.1 Å². The van der Waals surface area contributed by atoms with Gasteiger partial charge >= 0.3 is 6.09 Å². The summed E-state index contributed by atoms with van der Waals surface area (Å²) in [6.07, 6.45) is -1.28. The van der Waals surface area contributed by atoms with Gasteiger partial charge in [0.2, 0.25) is 11.8 Å². The summed E-state index contributed by atoms with van der Waals surface area (Å²) in [7, 11) is 0. The van der Waals surface area contributed by atoms with E-state index in [1.807, 2.05) is 75.2 Å². The van der Waals surface area contributed by atoms with Crippen molar-refractivity contribution in [3.63, 3.8) is 0 Å². The van der Waals surface area contributed by atoms with Crippen molar-refractivity contribution in [1.29, 1.82) is 0 Å². The highest BCUT2D eigenvalue weighted by Crippen LogP contribution is 2.23. The van der Waals surface area contributed by atoms with Crippen LogP contribution in [0.25, 0.3) is 0 Å². The maximum atomic E-state index is 13.8. The molecule has 4 atom stereocenters. The number of piperazine rings is 1. The minimum absolute atomic E-state index is 0.0583. The van der Waals surface area contributed by atoms with E-state index >= 15 is 0 Å². The third-order valence-electron chi connectivity index (χ3n) is 8.09. The number of carbonyl (C=O) groups excluding carboxylic acids is 4. The number of thiazole rings is 1. The zero-order chi connectivity index (χ0) is 38.1. The second kappa shape index (κ2) is 18.5. The highest BCUT2D eigenvalue weighted by molar-refractivity contribution is 8.12. The van der Waals surface area contributed by atoms with E-state index in [2.05, 4.69) is 34.8 Å². The lowest BCUT2D eigenvalue weighted by Crippen LogP contribution is -2.64. The Morgan fingerprint density at radius 2 is 1.69 bits per heavy atom. The van der Waals surface area contributed by atoms with Crippen LogP contribution in [-0.4, -0.2) is 105 Å². The van der Waals surface area contributed by atoms with E-state index in [-0.39, 0.29) is 30.2 Å². The molecule has 1 saturated heterocycles. The topological polar surface area (TPSA) is 153 Å². The van der Waals surface area contributed by atoms with Gasteiger partial charge in [-0.15, -0.1) is 11.3 Å². The SMILES string of the molecule is CC(C)c1nc(CSC(=O)N[C@H](C(=O)N[C@@H](Cc2ccccc2)[C@@H](O)CN2CCN(C(=O)OC(C)(C)C)C[C@H]2C(=O)NC(C)(C)C)C(C)C)cs1. The first-order chi connectivity index (χ1) is 23.7. The monoisotopic (exact) mass is 746 g/mol. The molecule has 0 radical (unpaired) electrons. The number of nitrogens with zero attached hydrogens (tertiary/aromatic N) is 3. The lowest BCUT2D eigenvalue weighted by Gasteiger charge is -2.43. The van der Waals surface area contributed by atoms with E-state index in [0.29, 0.717) is 31.2 Å². The second-order valence-corrected chi connectivity index (χ2v) is 17.7. The van der Waals surface area contributed by atoms with Crippen LogP contribution in [0.3, 0.4) is 0 Å². The molecule has 0 spiro atoms. The highest BCUT2D eigenvalue weighted by atomic mass is 32.2. The van der Waals surface area contributed by atoms with Crippen molar-refractivity contribution in [3.8, 4) is 0 Å². The Hall–Kier alpha value is -3.20. The Morgan fingerprint density at radius 3 is 2.25 bits per heavy atom. The van der Waals surface area contributed by atoms with Crippen LogP contribution in [0.2, 0.25) is 0 Å². The third-order valence-corrected chi connectivity index (χ3v) is 10.1. The van der Waals surface area contributed by atoms with Gasteiger partial charge in [0, 0.05) is 48.8 Å². The predicted octanol–water partition coefficient (Wildman–Crippen LogP) is 5.16. The Bertz CT molecular complexity index is 1460. The predicted molar refractivity (Wildman–Crippen MR) is 204 cm³/mol. The fraction of sp³-hybridized carbons (Fsp3) is 0.649. The molecule has 4 amide bonds. The van der Waals surface area contributed by atoms with Gasteiger partial charge in [0.1, 0.15) is 17.7 Å². The summed E-state index contributed by atoms with van der Waals surface area (Å²) in [5.74, 6) is -0.218. The fourth-order valence-electron chi connectivity index (χ4n) is 5.52. The number of hydrogen-bond donors (Lipinski definition) is 4. The van der Waals surface area contributed by atoms with Crippen LogP contribution in [0, 0.1) is 5.92 Å². The van der Waals surface area contributed by atoms with Crippen LogP contribution < -0.4 is 16.0 Å². The van der Waals surface area contributed by atoms with Gasteiger partial charge in [-0.1, -0.05) is 69.8 Å². The van der Waals surface area contributed by atoms with E-state index < -0.39 is 47.4 Å². The minimum Gasteiger partial charge on any atom is -0.444 e. The molecule has 0 aliphatic carbocycles. The number of aromatic nitrogens is 1. The molecule has 1 aromatic heterocycles. The lowest BCUT2D eigenvalue weighted by atomic mass is 9.97. The molecule has 51 heavy (non-hydrogen) atoms. The second-order valence-electron chi connectivity index (χ2n) is 15.8. The lowest BCUT2D eigenvalue weighted by molar-refractivity contribution is -0.132. The van der Waals surface area contributed by atoms with Crippen molar-refractivity contribution in [1.82, 2.24) is 30.7 Å². The van der Waals surface area contributed by atoms with Crippen LogP contribution in [-0.2, 0) is 26.5 Å². The largest absolute Gasteiger partial charge is 0.444 e. The number of nitrogens with one attached hydrogen (secondary N) is 3. The van der Waals surface area contributed by atoms with Crippen molar-refractivity contribution in [2.75, 3.05) is 26.2 Å². The number of carbonyl (C=O) groups is 4. The molecule has 1 aliphatic rings. The van der Waals surface area contributed by atoms with E-state index in [4.69, 9.17) is 4.74 Å². The van der Waals surface area contributed by atoms with E-state index in [9.17, 15) is 24.3 Å². The first-order valence-corrected chi connectivity index (χ1v) is 19.5. The molecule has 1 aliphatic heterocycles. The Kier molecular flexibility index (Phi) is 15.3. The molecular formula is C37H58N6O6S2. The van der Waals surface area contributed by atoms with Crippen molar-refractivity contribution in [3.05, 3.63) is 52.0 Å². The van der Waals surface area contributed by atoms with Crippen molar-refractivity contribution >= 4 is 46.2 Å². The number of aliphatic hydroxyl groups is 1. The molecule has 1 aromatic carbocycles. The molecular weight excluding hydrogens is 689 g/mol. The van der Waals surface area contributed by atoms with Gasteiger partial charge in [-0.2, -0.15) is 0 Å². The molecule has 12 nitrogen and oxygen atoms in total. The summed E-state index contributed by atoms with van der Waals surface area (Å²) in [5.41, 5.74) is 0.511. The number of rotatable bonds is 13. The average Bonchev–Trinajstić information content (AvgIpc) is 3.51. The number of hydrogen-bond acceptors (Lipinski definition) is 10. The van der Waals surface area contributed by atoms with Crippen molar-refractivity contribution in [2.45, 2.75) is 123 Å². The maximum absolute atomic E-state index is 13.8. The number of ether oxygens (including phenoxy) is 1. The molecule has 14 heteroatoms. The Labute approximate surface area is 311 Å². The first kappa shape index (κ1) is 42.2. The molecule has 0 unspecified atom stereocenters. The molecule has 3 rings (SSSR count). The van der Waals surface area contributed by atoms with Crippen LogP contribution in [0.15, 0.2) is 35.7 Å². The number of amides is 4. The summed E-state index contributed by atoms with van der Waals surface area (Å²) in [4.78, 5) is 61.4. The van der Waals surface area contributed by atoms with Gasteiger partial charge < -0.3 is 30.7 Å². The number of thioether (sulfide) groups is 1. The molecule has 284 valence electrons. The van der Waals surface area contributed by atoms with E-state index in [0.717, 1.165) is 28.0 Å². The molecule has 2 aromatic rings.